The Labute approximate surface area is 137 Å². The van der Waals surface area contributed by atoms with Crippen molar-refractivity contribution in [1.29, 1.82) is 0 Å². The van der Waals surface area contributed by atoms with Crippen LogP contribution in [0.1, 0.15) is 43.6 Å². The fourth-order valence-electron chi connectivity index (χ4n) is 3.00. The molecule has 126 valence electrons. The smallest absolute Gasteiger partial charge is 0.255 e. The highest BCUT2D eigenvalue weighted by Crippen LogP contribution is 2.27. The minimum atomic E-state index is -0.539. The van der Waals surface area contributed by atoms with Crippen molar-refractivity contribution >= 4 is 11.8 Å². The lowest BCUT2D eigenvalue weighted by atomic mass is 9.99. The highest BCUT2D eigenvalue weighted by atomic mass is 16.3. The van der Waals surface area contributed by atoms with Crippen molar-refractivity contribution in [1.82, 2.24) is 10.2 Å². The van der Waals surface area contributed by atoms with Gasteiger partial charge in [0.15, 0.2) is 0 Å². The molecule has 0 radical (unpaired) electrons. The van der Waals surface area contributed by atoms with Crippen LogP contribution in [0.4, 0.5) is 0 Å². The Morgan fingerprint density at radius 1 is 1.22 bits per heavy atom. The van der Waals surface area contributed by atoms with Crippen molar-refractivity contribution in [3.05, 3.63) is 35.4 Å². The molecule has 23 heavy (non-hydrogen) atoms. The maximum Gasteiger partial charge on any atom is 0.255 e. The van der Waals surface area contributed by atoms with Gasteiger partial charge in [0.1, 0.15) is 6.04 Å². The summed E-state index contributed by atoms with van der Waals surface area (Å²) in [6.45, 7) is 8.11. The molecule has 0 unspecified atom stereocenters. The first-order valence-corrected chi connectivity index (χ1v) is 8.17. The van der Waals surface area contributed by atoms with Gasteiger partial charge in [0, 0.05) is 12.1 Å². The SMILES string of the molecule is CC(C)[C@@H](C(=O)N[C@H](CO)C(C)C)N1Cc2ccccc2C1=O. The lowest BCUT2D eigenvalue weighted by Gasteiger charge is -2.32. The number of hydrogen-bond acceptors (Lipinski definition) is 3. The van der Waals surface area contributed by atoms with Crippen molar-refractivity contribution in [2.45, 2.75) is 46.3 Å². The highest BCUT2D eigenvalue weighted by Gasteiger charge is 2.38. The molecule has 5 nitrogen and oxygen atoms in total. The molecule has 1 aromatic carbocycles. The van der Waals surface area contributed by atoms with E-state index in [9.17, 15) is 14.7 Å². The van der Waals surface area contributed by atoms with Crippen molar-refractivity contribution in [2.24, 2.45) is 11.8 Å². The third kappa shape index (κ3) is 3.55. The third-order valence-corrected chi connectivity index (χ3v) is 4.41. The summed E-state index contributed by atoms with van der Waals surface area (Å²) in [5.41, 5.74) is 1.63. The van der Waals surface area contributed by atoms with Gasteiger partial charge in [-0.1, -0.05) is 45.9 Å². The Morgan fingerprint density at radius 2 is 1.87 bits per heavy atom. The van der Waals surface area contributed by atoms with Gasteiger partial charge in [-0.3, -0.25) is 9.59 Å². The number of benzene rings is 1. The van der Waals surface area contributed by atoms with E-state index in [1.807, 2.05) is 45.9 Å². The van der Waals surface area contributed by atoms with E-state index < -0.39 is 6.04 Å². The molecule has 1 aromatic rings. The number of aliphatic hydroxyl groups is 1. The van der Waals surface area contributed by atoms with Gasteiger partial charge in [0.05, 0.1) is 12.6 Å². The van der Waals surface area contributed by atoms with Crippen LogP contribution in [-0.2, 0) is 11.3 Å². The zero-order valence-electron chi connectivity index (χ0n) is 14.2. The van der Waals surface area contributed by atoms with Gasteiger partial charge in [-0.15, -0.1) is 0 Å². The molecule has 0 saturated carbocycles. The van der Waals surface area contributed by atoms with Crippen LogP contribution >= 0.6 is 0 Å². The summed E-state index contributed by atoms with van der Waals surface area (Å²) in [6, 6.07) is 6.63. The van der Waals surface area contributed by atoms with Crippen LogP contribution in [0.2, 0.25) is 0 Å². The van der Waals surface area contributed by atoms with Crippen LogP contribution < -0.4 is 5.32 Å². The minimum absolute atomic E-state index is 0.0141. The summed E-state index contributed by atoms with van der Waals surface area (Å²) >= 11 is 0. The second-order valence-corrected chi connectivity index (χ2v) is 6.82. The van der Waals surface area contributed by atoms with Crippen LogP contribution in [0.25, 0.3) is 0 Å². The number of hydrogen-bond donors (Lipinski definition) is 2. The van der Waals surface area contributed by atoms with Gasteiger partial charge in [-0.25, -0.2) is 0 Å². The number of nitrogens with zero attached hydrogens (tertiary/aromatic N) is 1. The van der Waals surface area contributed by atoms with Gasteiger partial charge >= 0.3 is 0 Å². The maximum atomic E-state index is 12.7. The van der Waals surface area contributed by atoms with Crippen LogP contribution in [0.5, 0.6) is 0 Å². The van der Waals surface area contributed by atoms with Crippen LogP contribution in [-0.4, -0.2) is 40.5 Å². The van der Waals surface area contributed by atoms with Crippen LogP contribution in [0, 0.1) is 11.8 Å². The fourth-order valence-corrected chi connectivity index (χ4v) is 3.00. The number of amides is 2. The first-order chi connectivity index (χ1) is 10.9. The molecule has 0 saturated heterocycles. The molecular weight excluding hydrogens is 292 g/mol. The van der Waals surface area contributed by atoms with E-state index in [-0.39, 0.29) is 36.3 Å². The molecule has 2 rings (SSSR count). The van der Waals surface area contributed by atoms with E-state index in [0.29, 0.717) is 12.1 Å². The molecule has 2 amide bonds. The summed E-state index contributed by atoms with van der Waals surface area (Å²) in [6.07, 6.45) is 0. The average molecular weight is 318 g/mol. The Kier molecular flexibility index (Phi) is 5.42. The normalized spacial score (nSPS) is 16.7. The summed E-state index contributed by atoms with van der Waals surface area (Å²) < 4.78 is 0. The number of fused-ring (bicyclic) bond motifs is 1. The molecule has 0 bridgehead atoms. The number of nitrogens with one attached hydrogen (secondary N) is 1. The predicted molar refractivity (Wildman–Crippen MR) is 88.8 cm³/mol. The molecule has 1 aliphatic heterocycles. The van der Waals surface area contributed by atoms with Gasteiger partial charge < -0.3 is 15.3 Å². The first-order valence-electron chi connectivity index (χ1n) is 8.17. The second-order valence-electron chi connectivity index (χ2n) is 6.82. The summed E-state index contributed by atoms with van der Waals surface area (Å²) in [7, 11) is 0. The Morgan fingerprint density at radius 3 is 2.39 bits per heavy atom. The number of carbonyl (C=O) groups is 2. The third-order valence-electron chi connectivity index (χ3n) is 4.41. The number of aliphatic hydroxyl groups excluding tert-OH is 1. The molecule has 0 aliphatic carbocycles. The van der Waals surface area contributed by atoms with E-state index in [2.05, 4.69) is 5.32 Å². The molecule has 1 aliphatic rings. The molecule has 5 heteroatoms. The lowest BCUT2D eigenvalue weighted by Crippen LogP contribution is -2.54. The standard InChI is InChI=1S/C18H26N2O3/c1-11(2)15(10-21)19-17(22)16(12(3)4)20-9-13-7-5-6-8-14(13)18(20)23/h5-8,11-12,15-16,21H,9-10H2,1-4H3,(H,19,22)/t15-,16+/m1/s1. The summed E-state index contributed by atoms with van der Waals surface area (Å²) in [5.74, 6) is -0.184. The molecule has 0 aromatic heterocycles. The Hall–Kier alpha value is -1.88. The molecule has 2 N–H and O–H groups in total. The molecule has 0 spiro atoms. The molecule has 0 fully saturated rings. The zero-order chi connectivity index (χ0) is 17.1. The monoisotopic (exact) mass is 318 g/mol. The van der Waals surface area contributed by atoms with Crippen molar-refractivity contribution in [3.8, 4) is 0 Å². The molecular formula is C18H26N2O3. The van der Waals surface area contributed by atoms with E-state index in [1.54, 1.807) is 11.0 Å². The highest BCUT2D eigenvalue weighted by molar-refractivity contribution is 6.01. The van der Waals surface area contributed by atoms with E-state index >= 15 is 0 Å². The van der Waals surface area contributed by atoms with Gasteiger partial charge in [-0.05, 0) is 23.5 Å². The van der Waals surface area contributed by atoms with E-state index in [1.165, 1.54) is 0 Å². The Balaban J connectivity index is 2.20. The molecule has 1 heterocycles. The van der Waals surface area contributed by atoms with Gasteiger partial charge in [-0.2, -0.15) is 0 Å². The van der Waals surface area contributed by atoms with Crippen molar-refractivity contribution < 1.29 is 14.7 Å². The van der Waals surface area contributed by atoms with E-state index in [4.69, 9.17) is 0 Å². The van der Waals surface area contributed by atoms with Crippen molar-refractivity contribution in [2.75, 3.05) is 6.61 Å². The number of rotatable bonds is 6. The zero-order valence-corrected chi connectivity index (χ0v) is 14.2. The maximum absolute atomic E-state index is 12.7. The number of carbonyl (C=O) groups excluding carboxylic acids is 2. The minimum Gasteiger partial charge on any atom is -0.394 e. The van der Waals surface area contributed by atoms with Gasteiger partial charge in [0.25, 0.3) is 5.91 Å². The van der Waals surface area contributed by atoms with Crippen LogP contribution in [0.15, 0.2) is 24.3 Å². The summed E-state index contributed by atoms with van der Waals surface area (Å²) in [4.78, 5) is 27.0. The quantitative estimate of drug-likeness (QED) is 0.840. The van der Waals surface area contributed by atoms with Crippen molar-refractivity contribution in [3.63, 3.8) is 0 Å². The molecule has 2 atom stereocenters. The summed E-state index contributed by atoms with van der Waals surface area (Å²) in [5, 5.41) is 12.3. The lowest BCUT2D eigenvalue weighted by molar-refractivity contribution is -0.128. The first kappa shape index (κ1) is 17.5. The van der Waals surface area contributed by atoms with Crippen LogP contribution in [0.3, 0.4) is 0 Å². The van der Waals surface area contributed by atoms with Gasteiger partial charge in [0.2, 0.25) is 5.91 Å². The fraction of sp³-hybridized carbons (Fsp3) is 0.556. The topological polar surface area (TPSA) is 69.6 Å². The van der Waals surface area contributed by atoms with E-state index in [0.717, 1.165) is 5.56 Å². The largest absolute Gasteiger partial charge is 0.394 e. The average Bonchev–Trinajstić information content (AvgIpc) is 2.82. The predicted octanol–water partition coefficient (Wildman–Crippen LogP) is 1.80. The Bertz CT molecular complexity index is 583. The second kappa shape index (κ2) is 7.13.